The first kappa shape index (κ1) is 15.4. The molecule has 0 atom stereocenters. The molecule has 0 saturated heterocycles. The third-order valence-corrected chi connectivity index (χ3v) is 4.35. The summed E-state index contributed by atoms with van der Waals surface area (Å²) >= 11 is 0. The van der Waals surface area contributed by atoms with Gasteiger partial charge in [-0.2, -0.15) is 0 Å². The lowest BCUT2D eigenvalue weighted by Crippen LogP contribution is -2.49. The summed E-state index contributed by atoms with van der Waals surface area (Å²) in [6.45, 7) is 4.03. The van der Waals surface area contributed by atoms with Crippen LogP contribution in [0.2, 0.25) is 0 Å². The molecular weight excluding hydrogens is 268 g/mol. The number of carboxylic acids is 1. The Labute approximate surface area is 124 Å². The first-order valence-corrected chi connectivity index (χ1v) is 7.26. The van der Waals surface area contributed by atoms with Gasteiger partial charge in [-0.15, -0.1) is 0 Å². The predicted molar refractivity (Wildman–Crippen MR) is 81.3 cm³/mol. The lowest BCUT2D eigenvalue weighted by Gasteiger charge is -2.37. The summed E-state index contributed by atoms with van der Waals surface area (Å²) in [6, 6.07) is 5.21. The summed E-state index contributed by atoms with van der Waals surface area (Å²) < 4.78 is 0. The Kier molecular flexibility index (Phi) is 4.21. The fourth-order valence-corrected chi connectivity index (χ4v) is 2.88. The standard InChI is InChI=1S/C16H22N2O3/c1-10-5-7-16(8-6-10,15(20)21)18-13-9-11(2)3-4-12(13)14(17)19/h3-4,9-10,18H,5-8H2,1-2H3,(H2,17,19)(H,20,21). The van der Waals surface area contributed by atoms with Gasteiger partial charge in [0, 0.05) is 5.69 Å². The molecule has 0 heterocycles. The number of rotatable bonds is 4. The molecule has 1 aromatic carbocycles. The van der Waals surface area contributed by atoms with E-state index in [1.54, 1.807) is 18.2 Å². The molecule has 0 aliphatic heterocycles. The van der Waals surface area contributed by atoms with E-state index in [2.05, 4.69) is 12.2 Å². The largest absolute Gasteiger partial charge is 0.480 e. The van der Waals surface area contributed by atoms with Gasteiger partial charge in [-0.3, -0.25) is 4.79 Å². The van der Waals surface area contributed by atoms with Gasteiger partial charge < -0.3 is 16.2 Å². The van der Waals surface area contributed by atoms with Crippen LogP contribution in [0.25, 0.3) is 0 Å². The SMILES string of the molecule is Cc1ccc(C(N)=O)c(NC2(C(=O)O)CCC(C)CC2)c1. The maximum Gasteiger partial charge on any atom is 0.329 e. The molecule has 4 N–H and O–H groups in total. The van der Waals surface area contributed by atoms with Crippen LogP contribution in [0.5, 0.6) is 0 Å². The van der Waals surface area contributed by atoms with Gasteiger partial charge in [0.1, 0.15) is 5.54 Å². The number of hydrogen-bond acceptors (Lipinski definition) is 3. The number of benzene rings is 1. The molecule has 5 nitrogen and oxygen atoms in total. The fraction of sp³-hybridized carbons (Fsp3) is 0.500. The average molecular weight is 290 g/mol. The summed E-state index contributed by atoms with van der Waals surface area (Å²) in [5, 5.41) is 12.8. The van der Waals surface area contributed by atoms with Crippen LogP contribution in [0, 0.1) is 12.8 Å². The molecule has 1 fully saturated rings. The van der Waals surface area contributed by atoms with Crippen LogP contribution in [0.1, 0.15) is 48.5 Å². The Balaban J connectivity index is 2.36. The average Bonchev–Trinajstić information content (AvgIpc) is 2.41. The lowest BCUT2D eigenvalue weighted by atomic mass is 9.77. The molecule has 0 radical (unpaired) electrons. The summed E-state index contributed by atoms with van der Waals surface area (Å²) in [5.74, 6) is -0.888. The second-order valence-corrected chi connectivity index (χ2v) is 6.11. The number of aryl methyl sites for hydroxylation is 1. The highest BCUT2D eigenvalue weighted by Gasteiger charge is 2.41. The molecule has 1 aliphatic carbocycles. The van der Waals surface area contributed by atoms with Crippen LogP contribution in [0.4, 0.5) is 5.69 Å². The molecule has 1 aromatic rings. The minimum absolute atomic E-state index is 0.333. The first-order valence-electron chi connectivity index (χ1n) is 7.26. The lowest BCUT2D eigenvalue weighted by molar-refractivity contribution is -0.143. The smallest absolute Gasteiger partial charge is 0.329 e. The molecule has 0 spiro atoms. The van der Waals surface area contributed by atoms with Gasteiger partial charge in [0.05, 0.1) is 5.56 Å². The number of carbonyl (C=O) groups excluding carboxylic acids is 1. The number of nitrogens with one attached hydrogen (secondary N) is 1. The van der Waals surface area contributed by atoms with Crippen molar-refractivity contribution in [1.82, 2.24) is 0 Å². The van der Waals surface area contributed by atoms with Crippen molar-refractivity contribution < 1.29 is 14.7 Å². The van der Waals surface area contributed by atoms with Crippen LogP contribution in [-0.4, -0.2) is 22.5 Å². The van der Waals surface area contributed by atoms with Gasteiger partial charge in [0.2, 0.25) is 0 Å². The van der Waals surface area contributed by atoms with E-state index in [1.165, 1.54) is 0 Å². The van der Waals surface area contributed by atoms with E-state index < -0.39 is 17.4 Å². The van der Waals surface area contributed by atoms with E-state index >= 15 is 0 Å². The number of amides is 1. The Bertz CT molecular complexity index is 561. The summed E-state index contributed by atoms with van der Waals surface area (Å²) in [7, 11) is 0. The Morgan fingerprint density at radius 2 is 1.95 bits per heavy atom. The highest BCUT2D eigenvalue weighted by molar-refractivity contribution is 5.99. The van der Waals surface area contributed by atoms with E-state index in [1.807, 2.05) is 6.92 Å². The molecule has 114 valence electrons. The maximum atomic E-state index is 11.8. The molecule has 0 bridgehead atoms. The van der Waals surface area contributed by atoms with Gasteiger partial charge in [-0.25, -0.2) is 4.79 Å². The number of carboxylic acid groups (broad SMARTS) is 1. The number of hydrogen-bond donors (Lipinski definition) is 3. The minimum Gasteiger partial charge on any atom is -0.480 e. The molecule has 5 heteroatoms. The maximum absolute atomic E-state index is 11.8. The molecule has 21 heavy (non-hydrogen) atoms. The summed E-state index contributed by atoms with van der Waals surface area (Å²) in [6.07, 6.45) is 2.82. The first-order chi connectivity index (χ1) is 9.84. The normalized spacial score (nSPS) is 25.3. The predicted octanol–water partition coefficient (Wildman–Crippen LogP) is 2.54. The van der Waals surface area contributed by atoms with Crippen LogP contribution in [0.15, 0.2) is 18.2 Å². The third-order valence-electron chi connectivity index (χ3n) is 4.35. The zero-order chi connectivity index (χ0) is 15.6. The van der Waals surface area contributed by atoms with E-state index in [0.29, 0.717) is 30.0 Å². The van der Waals surface area contributed by atoms with Crippen molar-refractivity contribution in [3.8, 4) is 0 Å². The van der Waals surface area contributed by atoms with Crippen LogP contribution < -0.4 is 11.1 Å². The topological polar surface area (TPSA) is 92.4 Å². The molecule has 2 rings (SSSR count). The number of primary amides is 1. The van der Waals surface area contributed by atoms with Crippen LogP contribution in [0.3, 0.4) is 0 Å². The van der Waals surface area contributed by atoms with Crippen molar-refractivity contribution in [2.75, 3.05) is 5.32 Å². The zero-order valence-corrected chi connectivity index (χ0v) is 12.5. The van der Waals surface area contributed by atoms with Gasteiger partial charge >= 0.3 is 5.97 Å². The van der Waals surface area contributed by atoms with E-state index in [0.717, 1.165) is 18.4 Å². The molecular formula is C16H22N2O3. The van der Waals surface area contributed by atoms with Gasteiger partial charge in [-0.1, -0.05) is 13.0 Å². The number of aliphatic carboxylic acids is 1. The number of anilines is 1. The third kappa shape index (κ3) is 3.17. The number of carbonyl (C=O) groups is 2. The highest BCUT2D eigenvalue weighted by Crippen LogP contribution is 2.36. The highest BCUT2D eigenvalue weighted by atomic mass is 16.4. The second kappa shape index (κ2) is 5.76. The van der Waals surface area contributed by atoms with Crippen molar-refractivity contribution in [2.45, 2.75) is 45.1 Å². The van der Waals surface area contributed by atoms with Crippen LogP contribution in [-0.2, 0) is 4.79 Å². The van der Waals surface area contributed by atoms with Crippen molar-refractivity contribution in [3.63, 3.8) is 0 Å². The van der Waals surface area contributed by atoms with Gasteiger partial charge in [0.25, 0.3) is 5.91 Å². The zero-order valence-electron chi connectivity index (χ0n) is 12.5. The molecule has 0 aromatic heterocycles. The molecule has 1 amide bonds. The fourth-order valence-electron chi connectivity index (χ4n) is 2.88. The Morgan fingerprint density at radius 3 is 2.48 bits per heavy atom. The quantitative estimate of drug-likeness (QED) is 0.794. The monoisotopic (exact) mass is 290 g/mol. The van der Waals surface area contributed by atoms with Crippen molar-refractivity contribution in [3.05, 3.63) is 29.3 Å². The van der Waals surface area contributed by atoms with E-state index in [-0.39, 0.29) is 0 Å². The summed E-state index contributed by atoms with van der Waals surface area (Å²) in [4.78, 5) is 23.3. The van der Waals surface area contributed by atoms with E-state index in [9.17, 15) is 14.7 Å². The van der Waals surface area contributed by atoms with E-state index in [4.69, 9.17) is 5.73 Å². The Morgan fingerprint density at radius 1 is 1.33 bits per heavy atom. The van der Waals surface area contributed by atoms with Gasteiger partial charge in [-0.05, 0) is 56.2 Å². The molecule has 1 aliphatic rings. The van der Waals surface area contributed by atoms with Crippen molar-refractivity contribution in [1.29, 1.82) is 0 Å². The second-order valence-electron chi connectivity index (χ2n) is 6.11. The van der Waals surface area contributed by atoms with Crippen molar-refractivity contribution >= 4 is 17.6 Å². The van der Waals surface area contributed by atoms with Crippen molar-refractivity contribution in [2.24, 2.45) is 11.7 Å². The number of nitrogens with two attached hydrogens (primary N) is 1. The molecule has 0 unspecified atom stereocenters. The molecule has 1 saturated carbocycles. The summed E-state index contributed by atoms with van der Waals surface area (Å²) in [5.41, 5.74) is 6.17. The Hall–Kier alpha value is -2.04. The van der Waals surface area contributed by atoms with Gasteiger partial charge in [0.15, 0.2) is 0 Å². The minimum atomic E-state index is -1.01. The van der Waals surface area contributed by atoms with Crippen LogP contribution >= 0.6 is 0 Å².